The third-order valence-corrected chi connectivity index (χ3v) is 4.30. The molecule has 1 heterocycles. The summed E-state index contributed by atoms with van der Waals surface area (Å²) in [6, 6.07) is 1.01. The molecule has 19 heavy (non-hydrogen) atoms. The normalized spacial score (nSPS) is 29.6. The number of piperidine rings is 1. The van der Waals surface area contributed by atoms with Crippen molar-refractivity contribution < 1.29 is 9.90 Å². The van der Waals surface area contributed by atoms with E-state index in [2.05, 4.69) is 5.32 Å². The predicted molar refractivity (Wildman–Crippen MR) is 75.8 cm³/mol. The van der Waals surface area contributed by atoms with Gasteiger partial charge in [-0.25, -0.2) is 0 Å². The van der Waals surface area contributed by atoms with E-state index in [0.29, 0.717) is 12.1 Å². The highest BCUT2D eigenvalue weighted by Gasteiger charge is 2.35. The second-order valence-electron chi connectivity index (χ2n) is 6.51. The molecule has 1 amide bonds. The van der Waals surface area contributed by atoms with Crippen LogP contribution < -0.4 is 5.32 Å². The standard InChI is InChI=1S/C15H28N2O2/c1-4-14(18)11-7-13(16-12-5-6-12)9-17(8-11)15(19)10(2)3/h10-14,16,18H,4-9H2,1-3H3. The quantitative estimate of drug-likeness (QED) is 0.792. The van der Waals surface area contributed by atoms with Gasteiger partial charge in [0.1, 0.15) is 0 Å². The van der Waals surface area contributed by atoms with Gasteiger partial charge in [-0.3, -0.25) is 4.79 Å². The van der Waals surface area contributed by atoms with Gasteiger partial charge in [-0.15, -0.1) is 0 Å². The molecule has 0 aromatic carbocycles. The van der Waals surface area contributed by atoms with Crippen LogP contribution in [0.25, 0.3) is 0 Å². The molecule has 4 heteroatoms. The maximum absolute atomic E-state index is 12.2. The average Bonchev–Trinajstić information content (AvgIpc) is 3.20. The van der Waals surface area contributed by atoms with Gasteiger partial charge in [-0.05, 0) is 25.7 Å². The molecule has 2 fully saturated rings. The number of nitrogens with zero attached hydrogens (tertiary/aromatic N) is 1. The van der Waals surface area contributed by atoms with Crippen LogP contribution in [-0.4, -0.2) is 47.2 Å². The van der Waals surface area contributed by atoms with Gasteiger partial charge in [0.2, 0.25) is 5.91 Å². The van der Waals surface area contributed by atoms with Crippen LogP contribution >= 0.6 is 0 Å². The molecular formula is C15H28N2O2. The average molecular weight is 268 g/mol. The van der Waals surface area contributed by atoms with E-state index < -0.39 is 0 Å². The number of aliphatic hydroxyl groups excluding tert-OH is 1. The molecule has 0 aromatic heterocycles. The summed E-state index contributed by atoms with van der Waals surface area (Å²) in [6.45, 7) is 7.43. The van der Waals surface area contributed by atoms with E-state index in [1.165, 1.54) is 12.8 Å². The highest BCUT2D eigenvalue weighted by atomic mass is 16.3. The number of amides is 1. The molecule has 2 N–H and O–H groups in total. The molecule has 2 aliphatic rings. The summed E-state index contributed by atoms with van der Waals surface area (Å²) in [7, 11) is 0. The molecule has 3 atom stereocenters. The van der Waals surface area contributed by atoms with E-state index in [-0.39, 0.29) is 23.8 Å². The molecule has 1 saturated heterocycles. The van der Waals surface area contributed by atoms with Crippen molar-refractivity contribution in [1.29, 1.82) is 0 Å². The first kappa shape index (κ1) is 14.8. The zero-order chi connectivity index (χ0) is 14.0. The topological polar surface area (TPSA) is 52.6 Å². The smallest absolute Gasteiger partial charge is 0.225 e. The van der Waals surface area contributed by atoms with Crippen LogP contribution in [0.2, 0.25) is 0 Å². The zero-order valence-corrected chi connectivity index (χ0v) is 12.4. The Balaban J connectivity index is 1.99. The van der Waals surface area contributed by atoms with Crippen LogP contribution in [0, 0.1) is 11.8 Å². The molecule has 3 unspecified atom stereocenters. The van der Waals surface area contributed by atoms with Crippen molar-refractivity contribution in [2.24, 2.45) is 11.8 Å². The van der Waals surface area contributed by atoms with E-state index in [9.17, 15) is 9.90 Å². The Morgan fingerprint density at radius 2 is 2.00 bits per heavy atom. The van der Waals surface area contributed by atoms with Crippen molar-refractivity contribution in [3.05, 3.63) is 0 Å². The fourth-order valence-electron chi connectivity index (χ4n) is 3.00. The summed E-state index contributed by atoms with van der Waals surface area (Å²) in [5, 5.41) is 13.7. The molecule has 0 aromatic rings. The van der Waals surface area contributed by atoms with E-state index in [1.54, 1.807) is 0 Å². The first-order valence-corrected chi connectivity index (χ1v) is 7.74. The number of likely N-dealkylation sites (tertiary alicyclic amines) is 1. The minimum absolute atomic E-state index is 0.0408. The van der Waals surface area contributed by atoms with Gasteiger partial charge in [0, 0.05) is 37.0 Å². The summed E-state index contributed by atoms with van der Waals surface area (Å²) in [5.41, 5.74) is 0. The maximum atomic E-state index is 12.2. The Hall–Kier alpha value is -0.610. The third-order valence-electron chi connectivity index (χ3n) is 4.30. The summed E-state index contributed by atoms with van der Waals surface area (Å²) in [6.07, 6.45) is 4.00. The Morgan fingerprint density at radius 3 is 2.53 bits per heavy atom. The molecule has 110 valence electrons. The number of aliphatic hydroxyl groups is 1. The lowest BCUT2D eigenvalue weighted by molar-refractivity contribution is -0.138. The second-order valence-corrected chi connectivity index (χ2v) is 6.51. The molecule has 0 spiro atoms. The lowest BCUT2D eigenvalue weighted by Crippen LogP contribution is -2.54. The first-order valence-electron chi connectivity index (χ1n) is 7.74. The van der Waals surface area contributed by atoms with Crippen LogP contribution in [-0.2, 0) is 4.79 Å². The minimum atomic E-state index is -0.286. The predicted octanol–water partition coefficient (Wildman–Crippen LogP) is 1.38. The molecule has 0 radical (unpaired) electrons. The largest absolute Gasteiger partial charge is 0.393 e. The van der Waals surface area contributed by atoms with Gasteiger partial charge in [0.05, 0.1) is 6.10 Å². The Labute approximate surface area is 116 Å². The van der Waals surface area contributed by atoms with Gasteiger partial charge in [0.15, 0.2) is 0 Å². The number of carbonyl (C=O) groups is 1. The first-order chi connectivity index (χ1) is 9.01. The zero-order valence-electron chi connectivity index (χ0n) is 12.4. The maximum Gasteiger partial charge on any atom is 0.225 e. The van der Waals surface area contributed by atoms with Crippen molar-refractivity contribution in [2.45, 2.75) is 64.6 Å². The third kappa shape index (κ3) is 3.93. The summed E-state index contributed by atoms with van der Waals surface area (Å²) in [5.74, 6) is 0.479. The number of nitrogens with one attached hydrogen (secondary N) is 1. The SMILES string of the molecule is CCC(O)C1CC(NC2CC2)CN(C(=O)C(C)C)C1. The molecular weight excluding hydrogens is 240 g/mol. The minimum Gasteiger partial charge on any atom is -0.393 e. The number of carbonyl (C=O) groups excluding carboxylic acids is 1. The highest BCUT2D eigenvalue weighted by Crippen LogP contribution is 2.26. The lowest BCUT2D eigenvalue weighted by atomic mass is 9.88. The van der Waals surface area contributed by atoms with E-state index in [0.717, 1.165) is 25.9 Å². The van der Waals surface area contributed by atoms with Crippen LogP contribution in [0.3, 0.4) is 0 Å². The molecule has 1 aliphatic heterocycles. The summed E-state index contributed by atoms with van der Waals surface area (Å²) < 4.78 is 0. The lowest BCUT2D eigenvalue weighted by Gasteiger charge is -2.40. The summed E-state index contributed by atoms with van der Waals surface area (Å²) in [4.78, 5) is 14.2. The van der Waals surface area contributed by atoms with Crippen molar-refractivity contribution in [3.8, 4) is 0 Å². The van der Waals surface area contributed by atoms with Gasteiger partial charge >= 0.3 is 0 Å². The van der Waals surface area contributed by atoms with Crippen molar-refractivity contribution in [1.82, 2.24) is 10.2 Å². The van der Waals surface area contributed by atoms with Gasteiger partial charge in [-0.1, -0.05) is 20.8 Å². The van der Waals surface area contributed by atoms with Crippen LogP contribution in [0.15, 0.2) is 0 Å². The molecule has 0 bridgehead atoms. The molecule has 1 aliphatic carbocycles. The second kappa shape index (κ2) is 6.23. The van der Waals surface area contributed by atoms with Crippen molar-refractivity contribution >= 4 is 5.91 Å². The van der Waals surface area contributed by atoms with Crippen LogP contribution in [0.5, 0.6) is 0 Å². The summed E-state index contributed by atoms with van der Waals surface area (Å²) >= 11 is 0. The van der Waals surface area contributed by atoms with Crippen molar-refractivity contribution in [3.63, 3.8) is 0 Å². The Morgan fingerprint density at radius 1 is 1.32 bits per heavy atom. The number of rotatable bonds is 5. The van der Waals surface area contributed by atoms with Crippen LogP contribution in [0.1, 0.15) is 46.5 Å². The highest BCUT2D eigenvalue weighted by molar-refractivity contribution is 5.78. The van der Waals surface area contributed by atoms with E-state index >= 15 is 0 Å². The van der Waals surface area contributed by atoms with Gasteiger partial charge in [-0.2, -0.15) is 0 Å². The fraction of sp³-hybridized carbons (Fsp3) is 0.933. The van der Waals surface area contributed by atoms with Gasteiger partial charge < -0.3 is 15.3 Å². The van der Waals surface area contributed by atoms with E-state index in [1.807, 2.05) is 25.7 Å². The molecule has 4 nitrogen and oxygen atoms in total. The fourth-order valence-corrected chi connectivity index (χ4v) is 3.00. The van der Waals surface area contributed by atoms with Crippen molar-refractivity contribution in [2.75, 3.05) is 13.1 Å². The Kier molecular flexibility index (Phi) is 4.85. The number of hydrogen-bond donors (Lipinski definition) is 2. The van der Waals surface area contributed by atoms with Gasteiger partial charge in [0.25, 0.3) is 0 Å². The number of hydrogen-bond acceptors (Lipinski definition) is 3. The van der Waals surface area contributed by atoms with Crippen LogP contribution in [0.4, 0.5) is 0 Å². The Bertz CT molecular complexity index is 315. The molecule has 2 rings (SSSR count). The van der Waals surface area contributed by atoms with E-state index in [4.69, 9.17) is 0 Å². The monoisotopic (exact) mass is 268 g/mol. The molecule has 1 saturated carbocycles.